The summed E-state index contributed by atoms with van der Waals surface area (Å²) < 4.78 is 15.7. The van der Waals surface area contributed by atoms with Crippen LogP contribution >= 0.6 is 15.9 Å². The Balaban J connectivity index is 1.86. The molecule has 0 fully saturated rings. The summed E-state index contributed by atoms with van der Waals surface area (Å²) in [6, 6.07) is 13.7. The van der Waals surface area contributed by atoms with E-state index in [0.29, 0.717) is 45.4 Å². The molecule has 4 nitrogen and oxygen atoms in total. The standard InChI is InChI=1S/C25H24BrFN2O2/c1-14-21(24(31)29-16-7-5-4-6-8-16)22(17-11-15(26)9-10-18(17)27)23-19(28-14)12-25(2,3)13-20(23)30/h4-11,22,28H,12-13H2,1-3H3,(H,29,31)/t22-/m0/s1. The van der Waals surface area contributed by atoms with Crippen molar-refractivity contribution in [2.45, 2.75) is 39.5 Å². The van der Waals surface area contributed by atoms with Gasteiger partial charge in [-0.2, -0.15) is 0 Å². The van der Waals surface area contributed by atoms with Crippen LogP contribution in [0, 0.1) is 11.2 Å². The van der Waals surface area contributed by atoms with Gasteiger partial charge in [0.1, 0.15) is 5.82 Å². The van der Waals surface area contributed by atoms with Crippen LogP contribution < -0.4 is 10.6 Å². The highest BCUT2D eigenvalue weighted by Gasteiger charge is 2.43. The first-order valence-electron chi connectivity index (χ1n) is 10.2. The largest absolute Gasteiger partial charge is 0.362 e. The molecule has 0 bridgehead atoms. The van der Waals surface area contributed by atoms with Crippen molar-refractivity contribution < 1.29 is 14.0 Å². The Bertz CT molecular complexity index is 1140. The third kappa shape index (κ3) is 4.22. The van der Waals surface area contributed by atoms with E-state index in [1.54, 1.807) is 31.2 Å². The molecule has 1 heterocycles. The Labute approximate surface area is 189 Å². The summed E-state index contributed by atoms with van der Waals surface area (Å²) in [7, 11) is 0. The molecule has 31 heavy (non-hydrogen) atoms. The van der Waals surface area contributed by atoms with Crippen molar-refractivity contribution in [3.63, 3.8) is 0 Å². The van der Waals surface area contributed by atoms with Crippen LogP contribution in [0.1, 0.15) is 45.1 Å². The van der Waals surface area contributed by atoms with Crippen LogP contribution in [-0.2, 0) is 9.59 Å². The first-order chi connectivity index (χ1) is 14.7. The molecule has 0 saturated carbocycles. The molecular weight excluding hydrogens is 459 g/mol. The van der Waals surface area contributed by atoms with Crippen LogP contribution in [0.5, 0.6) is 0 Å². The Morgan fingerprint density at radius 1 is 1.16 bits per heavy atom. The molecule has 2 aromatic rings. The quantitative estimate of drug-likeness (QED) is 0.578. The molecule has 0 aromatic heterocycles. The highest BCUT2D eigenvalue weighted by Crippen LogP contribution is 2.47. The summed E-state index contributed by atoms with van der Waals surface area (Å²) in [4.78, 5) is 26.7. The van der Waals surface area contributed by atoms with Crippen molar-refractivity contribution >= 4 is 33.3 Å². The number of amides is 1. The summed E-state index contributed by atoms with van der Waals surface area (Å²) in [6.07, 6.45) is 1.01. The van der Waals surface area contributed by atoms with E-state index >= 15 is 4.39 Å². The minimum absolute atomic E-state index is 0.0550. The topological polar surface area (TPSA) is 58.2 Å². The van der Waals surface area contributed by atoms with Crippen LogP contribution in [0.3, 0.4) is 0 Å². The SMILES string of the molecule is CC1=C(C(=O)Nc2ccccc2)[C@H](c2cc(Br)ccc2F)C2=C(CC(C)(C)CC2=O)N1. The number of hydrogen-bond acceptors (Lipinski definition) is 3. The van der Waals surface area contributed by atoms with Crippen LogP contribution in [0.2, 0.25) is 0 Å². The van der Waals surface area contributed by atoms with Gasteiger partial charge < -0.3 is 10.6 Å². The fourth-order valence-corrected chi connectivity index (χ4v) is 4.88. The van der Waals surface area contributed by atoms with Gasteiger partial charge in [-0.1, -0.05) is 48.0 Å². The summed E-state index contributed by atoms with van der Waals surface area (Å²) in [5.74, 6) is -1.64. The molecule has 2 aliphatic rings. The number of ketones is 1. The average Bonchev–Trinajstić information content (AvgIpc) is 2.68. The minimum atomic E-state index is -0.777. The number of Topliss-reactive ketones (excluding diaryl/α,β-unsaturated/α-hetero) is 1. The maximum Gasteiger partial charge on any atom is 0.254 e. The Morgan fingerprint density at radius 3 is 2.58 bits per heavy atom. The zero-order chi connectivity index (χ0) is 22.3. The summed E-state index contributed by atoms with van der Waals surface area (Å²) in [5.41, 5.74) is 2.99. The number of carbonyl (C=O) groups is 2. The predicted molar refractivity (Wildman–Crippen MR) is 123 cm³/mol. The molecular formula is C25H24BrFN2O2. The fourth-order valence-electron chi connectivity index (χ4n) is 4.50. The van der Waals surface area contributed by atoms with Crippen LogP contribution in [0.15, 0.2) is 75.5 Å². The van der Waals surface area contributed by atoms with E-state index in [2.05, 4.69) is 26.6 Å². The Hall–Kier alpha value is -2.73. The highest BCUT2D eigenvalue weighted by atomic mass is 79.9. The molecule has 4 rings (SSSR count). The number of nitrogens with one attached hydrogen (secondary N) is 2. The van der Waals surface area contributed by atoms with Crippen molar-refractivity contribution in [3.8, 4) is 0 Å². The van der Waals surface area contributed by atoms with E-state index < -0.39 is 11.7 Å². The van der Waals surface area contributed by atoms with Gasteiger partial charge in [-0.05, 0) is 49.1 Å². The average molecular weight is 483 g/mol. The molecule has 0 spiro atoms. The predicted octanol–water partition coefficient (Wildman–Crippen LogP) is 5.83. The second-order valence-corrected chi connectivity index (χ2v) is 9.83. The zero-order valence-corrected chi connectivity index (χ0v) is 19.3. The molecule has 2 aromatic carbocycles. The van der Waals surface area contributed by atoms with E-state index in [1.165, 1.54) is 6.07 Å². The molecule has 6 heteroatoms. The fraction of sp³-hybridized carbons (Fsp3) is 0.280. The number of rotatable bonds is 3. The van der Waals surface area contributed by atoms with Crippen molar-refractivity contribution in [2.24, 2.45) is 5.41 Å². The second kappa shape index (κ2) is 8.08. The first-order valence-corrected chi connectivity index (χ1v) is 11.0. The highest BCUT2D eigenvalue weighted by molar-refractivity contribution is 9.10. The van der Waals surface area contributed by atoms with E-state index in [0.717, 1.165) is 5.70 Å². The first kappa shape index (κ1) is 21.5. The lowest BCUT2D eigenvalue weighted by Crippen LogP contribution is -2.39. The van der Waals surface area contributed by atoms with Gasteiger partial charge in [0.25, 0.3) is 5.91 Å². The number of carbonyl (C=O) groups excluding carboxylic acids is 2. The number of dihydropyridines is 1. The smallest absolute Gasteiger partial charge is 0.254 e. The van der Waals surface area contributed by atoms with Crippen LogP contribution in [0.25, 0.3) is 0 Å². The number of allylic oxidation sites excluding steroid dienone is 3. The number of benzene rings is 2. The van der Waals surface area contributed by atoms with E-state index in [-0.39, 0.29) is 17.1 Å². The molecule has 2 N–H and O–H groups in total. The Morgan fingerprint density at radius 2 is 1.87 bits per heavy atom. The van der Waals surface area contributed by atoms with Gasteiger partial charge in [-0.15, -0.1) is 0 Å². The molecule has 0 unspecified atom stereocenters. The van der Waals surface area contributed by atoms with Gasteiger partial charge in [0.15, 0.2) is 5.78 Å². The lowest BCUT2D eigenvalue weighted by Gasteiger charge is -2.39. The molecule has 1 aliphatic heterocycles. The maximum absolute atomic E-state index is 15.1. The summed E-state index contributed by atoms with van der Waals surface area (Å²) >= 11 is 3.41. The molecule has 1 atom stereocenters. The molecule has 0 radical (unpaired) electrons. The van der Waals surface area contributed by atoms with E-state index in [4.69, 9.17) is 0 Å². The molecule has 160 valence electrons. The van der Waals surface area contributed by atoms with Crippen molar-refractivity contribution in [2.75, 3.05) is 5.32 Å². The number of para-hydroxylation sites is 1. The van der Waals surface area contributed by atoms with Gasteiger partial charge in [-0.25, -0.2) is 4.39 Å². The monoisotopic (exact) mass is 482 g/mol. The van der Waals surface area contributed by atoms with Crippen LogP contribution in [-0.4, -0.2) is 11.7 Å². The van der Waals surface area contributed by atoms with Gasteiger partial charge in [-0.3, -0.25) is 9.59 Å². The lowest BCUT2D eigenvalue weighted by atomic mass is 9.68. The van der Waals surface area contributed by atoms with E-state index in [1.807, 2.05) is 32.0 Å². The number of hydrogen-bond donors (Lipinski definition) is 2. The summed E-state index contributed by atoms with van der Waals surface area (Å²) in [5, 5.41) is 6.20. The van der Waals surface area contributed by atoms with Gasteiger partial charge in [0.05, 0.1) is 0 Å². The van der Waals surface area contributed by atoms with Crippen LogP contribution in [0.4, 0.5) is 10.1 Å². The zero-order valence-electron chi connectivity index (χ0n) is 17.7. The lowest BCUT2D eigenvalue weighted by molar-refractivity contribution is -0.118. The number of halogens is 2. The van der Waals surface area contributed by atoms with Gasteiger partial charge >= 0.3 is 0 Å². The second-order valence-electron chi connectivity index (χ2n) is 8.92. The Kier molecular flexibility index (Phi) is 5.60. The normalized spacial score (nSPS) is 20.3. The molecule has 0 saturated heterocycles. The number of anilines is 1. The van der Waals surface area contributed by atoms with Gasteiger partial charge in [0, 0.05) is 50.6 Å². The van der Waals surface area contributed by atoms with Crippen molar-refractivity contribution in [1.29, 1.82) is 0 Å². The minimum Gasteiger partial charge on any atom is -0.362 e. The molecule has 1 amide bonds. The summed E-state index contributed by atoms with van der Waals surface area (Å²) in [6.45, 7) is 5.89. The van der Waals surface area contributed by atoms with E-state index in [9.17, 15) is 9.59 Å². The van der Waals surface area contributed by atoms with Gasteiger partial charge in [0.2, 0.25) is 0 Å². The molecule has 1 aliphatic carbocycles. The third-order valence-corrected chi connectivity index (χ3v) is 6.28. The maximum atomic E-state index is 15.1. The van der Waals surface area contributed by atoms with Crippen molar-refractivity contribution in [3.05, 3.63) is 86.9 Å². The van der Waals surface area contributed by atoms with Crippen molar-refractivity contribution in [1.82, 2.24) is 5.32 Å². The third-order valence-electron chi connectivity index (χ3n) is 5.79.